The fourth-order valence-electron chi connectivity index (χ4n) is 2.46. The molecule has 5 nitrogen and oxygen atoms in total. The lowest BCUT2D eigenvalue weighted by Gasteiger charge is -2.16. The number of nitrogens with zero attached hydrogens (tertiary/aromatic N) is 1. The van der Waals surface area contributed by atoms with E-state index in [1.807, 2.05) is 30.3 Å². The number of rotatable bonds is 6. The maximum absolute atomic E-state index is 12.0. The van der Waals surface area contributed by atoms with E-state index in [0.29, 0.717) is 11.9 Å². The first kappa shape index (κ1) is 18.5. The second kappa shape index (κ2) is 9.47. The van der Waals surface area contributed by atoms with E-state index in [4.69, 9.17) is 0 Å². The molecule has 2 aromatic carbocycles. The quantitative estimate of drug-likeness (QED) is 0.560. The van der Waals surface area contributed by atoms with Gasteiger partial charge in [0, 0.05) is 19.3 Å². The Morgan fingerprint density at radius 2 is 1.84 bits per heavy atom. The molecule has 0 aromatic heterocycles. The molecule has 1 atom stereocenters. The van der Waals surface area contributed by atoms with E-state index in [2.05, 4.69) is 59.1 Å². The van der Waals surface area contributed by atoms with Crippen molar-refractivity contribution >= 4 is 17.6 Å². The van der Waals surface area contributed by atoms with E-state index in [9.17, 15) is 4.79 Å². The van der Waals surface area contributed by atoms with Gasteiger partial charge >= 0.3 is 0 Å². The average Bonchev–Trinajstić information content (AvgIpc) is 2.62. The predicted molar refractivity (Wildman–Crippen MR) is 104 cm³/mol. The lowest BCUT2D eigenvalue weighted by atomic mass is 9.99. The molecule has 2 rings (SSSR count). The van der Waals surface area contributed by atoms with Crippen molar-refractivity contribution in [3.63, 3.8) is 0 Å². The fourth-order valence-corrected chi connectivity index (χ4v) is 2.46. The van der Waals surface area contributed by atoms with Gasteiger partial charge in [0.1, 0.15) is 0 Å². The molecule has 0 bridgehead atoms. The zero-order chi connectivity index (χ0) is 18.1. The topological polar surface area (TPSA) is 65.5 Å². The Kier molecular flexibility index (Phi) is 7.01. The molecular weight excluding hydrogens is 312 g/mol. The van der Waals surface area contributed by atoms with E-state index >= 15 is 0 Å². The summed E-state index contributed by atoms with van der Waals surface area (Å²) in [5, 5.41) is 9.13. The summed E-state index contributed by atoms with van der Waals surface area (Å²) in [5.41, 5.74) is 3.32. The third-order valence-electron chi connectivity index (χ3n) is 3.88. The summed E-state index contributed by atoms with van der Waals surface area (Å²) < 4.78 is 0. The standard InChI is InChI=1S/C20H26N4O/c1-15-8-7-9-17(12-15)16(2)13-22-20(21-3)23-14-19(25)24-18-10-5-4-6-11-18/h4-12,16H,13-14H2,1-3H3,(H,24,25)(H2,21,22,23). The molecule has 3 N–H and O–H groups in total. The van der Waals surface area contributed by atoms with E-state index in [1.54, 1.807) is 7.05 Å². The number of hydrogen-bond acceptors (Lipinski definition) is 2. The third kappa shape index (κ3) is 6.30. The van der Waals surface area contributed by atoms with Crippen LogP contribution in [0.15, 0.2) is 59.6 Å². The zero-order valence-corrected chi connectivity index (χ0v) is 15.0. The molecule has 1 amide bonds. The number of nitrogens with one attached hydrogen (secondary N) is 3. The zero-order valence-electron chi connectivity index (χ0n) is 15.0. The van der Waals surface area contributed by atoms with Gasteiger partial charge in [-0.05, 0) is 30.5 Å². The Labute approximate surface area is 149 Å². The van der Waals surface area contributed by atoms with Crippen molar-refractivity contribution in [3.05, 3.63) is 65.7 Å². The number of hydrogen-bond donors (Lipinski definition) is 3. The van der Waals surface area contributed by atoms with Crippen molar-refractivity contribution in [1.82, 2.24) is 10.6 Å². The Hall–Kier alpha value is -2.82. The molecule has 1 unspecified atom stereocenters. The SMILES string of the molecule is CN=C(NCC(=O)Nc1ccccc1)NCC(C)c1cccc(C)c1. The molecule has 25 heavy (non-hydrogen) atoms. The van der Waals surface area contributed by atoms with Gasteiger partial charge in [-0.3, -0.25) is 9.79 Å². The smallest absolute Gasteiger partial charge is 0.243 e. The highest BCUT2D eigenvalue weighted by Crippen LogP contribution is 2.15. The molecule has 0 aliphatic carbocycles. The van der Waals surface area contributed by atoms with Crippen LogP contribution in [0, 0.1) is 6.92 Å². The summed E-state index contributed by atoms with van der Waals surface area (Å²) >= 11 is 0. The van der Waals surface area contributed by atoms with E-state index in [0.717, 1.165) is 12.2 Å². The molecule has 0 radical (unpaired) electrons. The molecule has 132 valence electrons. The number of carbonyl (C=O) groups is 1. The largest absolute Gasteiger partial charge is 0.356 e. The van der Waals surface area contributed by atoms with Gasteiger partial charge in [0.05, 0.1) is 6.54 Å². The third-order valence-corrected chi connectivity index (χ3v) is 3.88. The van der Waals surface area contributed by atoms with Crippen LogP contribution in [0.1, 0.15) is 24.0 Å². The normalized spacial score (nSPS) is 12.4. The molecule has 0 saturated carbocycles. The van der Waals surface area contributed by atoms with Gasteiger partial charge in [-0.15, -0.1) is 0 Å². The Morgan fingerprint density at radius 3 is 2.52 bits per heavy atom. The first-order chi connectivity index (χ1) is 12.1. The molecule has 0 aliphatic heterocycles. The van der Waals surface area contributed by atoms with E-state index in [1.165, 1.54) is 11.1 Å². The molecule has 0 spiro atoms. The van der Waals surface area contributed by atoms with Crippen LogP contribution in [-0.4, -0.2) is 32.0 Å². The fraction of sp³-hybridized carbons (Fsp3) is 0.300. The van der Waals surface area contributed by atoms with Gasteiger partial charge in [-0.2, -0.15) is 0 Å². The Balaban J connectivity index is 1.77. The molecule has 0 saturated heterocycles. The second-order valence-corrected chi connectivity index (χ2v) is 6.04. The van der Waals surface area contributed by atoms with Crippen molar-refractivity contribution in [2.45, 2.75) is 19.8 Å². The van der Waals surface area contributed by atoms with Crippen LogP contribution >= 0.6 is 0 Å². The average molecular weight is 338 g/mol. The number of aryl methyl sites for hydroxylation is 1. The summed E-state index contributed by atoms with van der Waals surface area (Å²) in [6.07, 6.45) is 0. The van der Waals surface area contributed by atoms with Crippen LogP contribution in [0.4, 0.5) is 5.69 Å². The molecular formula is C20H26N4O. The van der Waals surface area contributed by atoms with Gasteiger partial charge in [-0.1, -0.05) is 55.0 Å². The van der Waals surface area contributed by atoms with Crippen molar-refractivity contribution in [3.8, 4) is 0 Å². The highest BCUT2D eigenvalue weighted by molar-refractivity contribution is 5.94. The lowest BCUT2D eigenvalue weighted by molar-refractivity contribution is -0.115. The number of guanidine groups is 1. The summed E-state index contributed by atoms with van der Waals surface area (Å²) in [7, 11) is 1.70. The van der Waals surface area contributed by atoms with Crippen LogP contribution in [0.3, 0.4) is 0 Å². The van der Waals surface area contributed by atoms with Crippen molar-refractivity contribution < 1.29 is 4.79 Å². The van der Waals surface area contributed by atoms with Crippen molar-refractivity contribution in [1.29, 1.82) is 0 Å². The summed E-state index contributed by atoms with van der Waals surface area (Å²) in [6.45, 7) is 5.16. The van der Waals surface area contributed by atoms with Crippen LogP contribution in [0.25, 0.3) is 0 Å². The number of carbonyl (C=O) groups excluding carboxylic acids is 1. The number of aliphatic imine (C=N–C) groups is 1. The lowest BCUT2D eigenvalue weighted by Crippen LogP contribution is -2.42. The Morgan fingerprint density at radius 1 is 1.08 bits per heavy atom. The van der Waals surface area contributed by atoms with Gasteiger partial charge in [-0.25, -0.2) is 0 Å². The number of amides is 1. The number of anilines is 1. The van der Waals surface area contributed by atoms with Gasteiger partial charge in [0.15, 0.2) is 5.96 Å². The second-order valence-electron chi connectivity index (χ2n) is 6.04. The maximum atomic E-state index is 12.0. The molecule has 0 fully saturated rings. The van der Waals surface area contributed by atoms with E-state index < -0.39 is 0 Å². The van der Waals surface area contributed by atoms with E-state index in [-0.39, 0.29) is 12.5 Å². The predicted octanol–water partition coefficient (Wildman–Crippen LogP) is 2.90. The maximum Gasteiger partial charge on any atom is 0.243 e. The minimum absolute atomic E-state index is 0.110. The van der Waals surface area contributed by atoms with Gasteiger partial charge in [0.25, 0.3) is 0 Å². The highest BCUT2D eigenvalue weighted by Gasteiger charge is 2.08. The minimum atomic E-state index is -0.110. The Bertz CT molecular complexity index is 713. The van der Waals surface area contributed by atoms with Crippen LogP contribution in [0.2, 0.25) is 0 Å². The molecule has 0 aliphatic rings. The van der Waals surface area contributed by atoms with Crippen molar-refractivity contribution in [2.24, 2.45) is 4.99 Å². The number of para-hydroxylation sites is 1. The van der Waals surface area contributed by atoms with Gasteiger partial charge < -0.3 is 16.0 Å². The highest BCUT2D eigenvalue weighted by atomic mass is 16.1. The summed E-state index contributed by atoms with van der Waals surface area (Å²) in [6, 6.07) is 17.9. The molecule has 0 heterocycles. The monoisotopic (exact) mass is 338 g/mol. The van der Waals surface area contributed by atoms with Gasteiger partial charge in [0.2, 0.25) is 5.91 Å². The first-order valence-electron chi connectivity index (χ1n) is 8.44. The first-order valence-corrected chi connectivity index (χ1v) is 8.44. The molecule has 5 heteroatoms. The van der Waals surface area contributed by atoms with Crippen LogP contribution < -0.4 is 16.0 Å². The molecule has 2 aromatic rings. The van der Waals surface area contributed by atoms with Crippen LogP contribution in [0.5, 0.6) is 0 Å². The number of benzene rings is 2. The minimum Gasteiger partial charge on any atom is -0.356 e. The summed E-state index contributed by atoms with van der Waals surface area (Å²) in [4.78, 5) is 16.1. The summed E-state index contributed by atoms with van der Waals surface area (Å²) in [5.74, 6) is 0.847. The van der Waals surface area contributed by atoms with Crippen molar-refractivity contribution in [2.75, 3.05) is 25.5 Å². The van der Waals surface area contributed by atoms with Crippen LogP contribution in [-0.2, 0) is 4.79 Å².